The van der Waals surface area contributed by atoms with Crippen LogP contribution in [0.25, 0.3) is 11.3 Å². The second-order valence-corrected chi connectivity index (χ2v) is 6.57. The maximum absolute atomic E-state index is 12.0. The second-order valence-electron chi connectivity index (χ2n) is 5.79. The minimum absolute atomic E-state index is 0.0879. The van der Waals surface area contributed by atoms with Crippen molar-refractivity contribution in [2.75, 3.05) is 5.32 Å². The highest BCUT2D eigenvalue weighted by Gasteiger charge is 2.25. The zero-order chi connectivity index (χ0) is 16.2. The Kier molecular flexibility index (Phi) is 4.76. The van der Waals surface area contributed by atoms with Crippen molar-refractivity contribution in [1.82, 2.24) is 5.16 Å². The first-order valence-electron chi connectivity index (χ1n) is 7.70. The summed E-state index contributed by atoms with van der Waals surface area (Å²) in [6, 6.07) is 1.76. The van der Waals surface area contributed by atoms with Gasteiger partial charge in [-0.1, -0.05) is 30.8 Å². The van der Waals surface area contributed by atoms with Gasteiger partial charge in [-0.15, -0.1) is 0 Å². The van der Waals surface area contributed by atoms with Crippen molar-refractivity contribution >= 4 is 29.1 Å². The number of aromatic nitrogens is 1. The molecule has 1 amide bonds. The van der Waals surface area contributed by atoms with Gasteiger partial charge in [0, 0.05) is 17.4 Å². The Morgan fingerprint density at radius 2 is 2.17 bits per heavy atom. The fourth-order valence-electron chi connectivity index (χ4n) is 2.99. The van der Waals surface area contributed by atoms with E-state index in [1.165, 1.54) is 37.0 Å². The van der Waals surface area contributed by atoms with Crippen LogP contribution in [0.4, 0.5) is 5.88 Å². The molecule has 1 saturated carbocycles. The van der Waals surface area contributed by atoms with Gasteiger partial charge in [0.05, 0.1) is 0 Å². The van der Waals surface area contributed by atoms with Crippen LogP contribution in [0.2, 0.25) is 0 Å². The van der Waals surface area contributed by atoms with Crippen LogP contribution in [0, 0.1) is 5.92 Å². The molecule has 1 aliphatic carbocycles. The number of carboxylic acids is 1. The molecule has 0 unspecified atom stereocenters. The summed E-state index contributed by atoms with van der Waals surface area (Å²) in [6.45, 7) is 0. The number of carboxylic acid groups (broad SMARTS) is 1. The number of nitrogens with one attached hydrogen (secondary N) is 1. The van der Waals surface area contributed by atoms with Crippen LogP contribution in [0.1, 0.15) is 48.9 Å². The quantitative estimate of drug-likeness (QED) is 0.832. The van der Waals surface area contributed by atoms with E-state index in [4.69, 9.17) is 4.52 Å². The number of carbonyl (C=O) groups excluding carboxylic acids is 1. The Bertz CT molecular complexity index is 687. The van der Waals surface area contributed by atoms with Crippen molar-refractivity contribution in [3.05, 3.63) is 22.4 Å². The Hall–Kier alpha value is -2.15. The SMILES string of the molecule is O=C(CCC1CCCC1)Nc1onc(-c2ccsc2)c1C(=O)O. The predicted molar refractivity (Wildman–Crippen MR) is 86.6 cm³/mol. The molecule has 1 fully saturated rings. The summed E-state index contributed by atoms with van der Waals surface area (Å²) in [7, 11) is 0. The molecular weight excluding hydrogens is 316 g/mol. The smallest absolute Gasteiger partial charge is 0.343 e. The van der Waals surface area contributed by atoms with E-state index in [9.17, 15) is 14.7 Å². The summed E-state index contributed by atoms with van der Waals surface area (Å²) >= 11 is 1.44. The number of thiophene rings is 1. The first-order chi connectivity index (χ1) is 11.1. The number of carbonyl (C=O) groups is 2. The van der Waals surface area contributed by atoms with Crippen LogP contribution in [0.5, 0.6) is 0 Å². The first kappa shape index (κ1) is 15.7. The fourth-order valence-corrected chi connectivity index (χ4v) is 3.63. The summed E-state index contributed by atoms with van der Waals surface area (Å²) in [4.78, 5) is 23.5. The number of rotatable bonds is 6. The maximum atomic E-state index is 12.0. The molecule has 6 nitrogen and oxygen atoms in total. The Morgan fingerprint density at radius 1 is 1.39 bits per heavy atom. The predicted octanol–water partition coefficient (Wildman–Crippen LogP) is 4.01. The van der Waals surface area contributed by atoms with Crippen LogP contribution in [-0.2, 0) is 4.79 Å². The second kappa shape index (κ2) is 6.95. The molecule has 0 radical (unpaired) electrons. The molecule has 122 valence electrons. The summed E-state index contributed by atoms with van der Waals surface area (Å²) in [5.41, 5.74) is 0.810. The molecule has 2 N–H and O–H groups in total. The van der Waals surface area contributed by atoms with Gasteiger partial charge < -0.3 is 9.63 Å². The van der Waals surface area contributed by atoms with Gasteiger partial charge in [-0.3, -0.25) is 10.1 Å². The molecule has 7 heteroatoms. The topological polar surface area (TPSA) is 92.4 Å². The van der Waals surface area contributed by atoms with E-state index in [1.54, 1.807) is 11.4 Å². The number of nitrogens with zero attached hydrogens (tertiary/aromatic N) is 1. The Labute approximate surface area is 137 Å². The molecule has 0 bridgehead atoms. The van der Waals surface area contributed by atoms with Gasteiger partial charge >= 0.3 is 5.97 Å². The molecule has 0 saturated heterocycles. The molecule has 2 aromatic rings. The van der Waals surface area contributed by atoms with Gasteiger partial charge in [0.1, 0.15) is 5.69 Å². The van der Waals surface area contributed by atoms with Gasteiger partial charge in [0.25, 0.3) is 0 Å². The van der Waals surface area contributed by atoms with Gasteiger partial charge in [0.2, 0.25) is 11.8 Å². The van der Waals surface area contributed by atoms with E-state index in [0.29, 0.717) is 17.9 Å². The molecule has 2 aromatic heterocycles. The van der Waals surface area contributed by atoms with E-state index in [1.807, 2.05) is 5.38 Å². The van der Waals surface area contributed by atoms with E-state index in [0.717, 1.165) is 6.42 Å². The fraction of sp³-hybridized carbons (Fsp3) is 0.438. The number of aromatic carboxylic acids is 1. The molecule has 0 atom stereocenters. The third-order valence-electron chi connectivity index (χ3n) is 4.21. The number of anilines is 1. The lowest BCUT2D eigenvalue weighted by molar-refractivity contribution is -0.116. The van der Waals surface area contributed by atoms with Gasteiger partial charge in [0.15, 0.2) is 5.56 Å². The average molecular weight is 334 g/mol. The summed E-state index contributed by atoms with van der Waals surface area (Å²) in [5, 5.41) is 19.4. The van der Waals surface area contributed by atoms with Crippen LogP contribution >= 0.6 is 11.3 Å². The molecule has 0 aliphatic heterocycles. The number of hydrogen-bond acceptors (Lipinski definition) is 5. The molecule has 1 aliphatic rings. The lowest BCUT2D eigenvalue weighted by Gasteiger charge is -2.07. The highest BCUT2D eigenvalue weighted by Crippen LogP contribution is 2.31. The lowest BCUT2D eigenvalue weighted by Crippen LogP contribution is -2.14. The molecule has 3 rings (SSSR count). The Balaban J connectivity index is 1.69. The average Bonchev–Trinajstić information content (AvgIpc) is 3.25. The summed E-state index contributed by atoms with van der Waals surface area (Å²) in [5.74, 6) is -0.878. The summed E-state index contributed by atoms with van der Waals surface area (Å²) in [6.07, 6.45) is 6.04. The van der Waals surface area contributed by atoms with Crippen molar-refractivity contribution in [2.45, 2.75) is 38.5 Å². The zero-order valence-electron chi connectivity index (χ0n) is 12.6. The van der Waals surface area contributed by atoms with Crippen molar-refractivity contribution in [2.24, 2.45) is 5.92 Å². The highest BCUT2D eigenvalue weighted by atomic mass is 32.1. The maximum Gasteiger partial charge on any atom is 0.343 e. The lowest BCUT2D eigenvalue weighted by atomic mass is 10.0. The Morgan fingerprint density at radius 3 is 2.83 bits per heavy atom. The van der Waals surface area contributed by atoms with Crippen LogP contribution in [0.3, 0.4) is 0 Å². The zero-order valence-corrected chi connectivity index (χ0v) is 13.4. The van der Waals surface area contributed by atoms with E-state index < -0.39 is 5.97 Å². The minimum atomic E-state index is -1.17. The third-order valence-corrected chi connectivity index (χ3v) is 4.89. The molecule has 2 heterocycles. The van der Waals surface area contributed by atoms with Crippen molar-refractivity contribution < 1.29 is 19.2 Å². The molecular formula is C16H18N2O4S. The third kappa shape index (κ3) is 3.61. The highest BCUT2D eigenvalue weighted by molar-refractivity contribution is 7.08. The largest absolute Gasteiger partial charge is 0.477 e. The first-order valence-corrected chi connectivity index (χ1v) is 8.65. The monoisotopic (exact) mass is 334 g/mol. The van der Waals surface area contributed by atoms with Crippen molar-refractivity contribution in [3.63, 3.8) is 0 Å². The van der Waals surface area contributed by atoms with Crippen LogP contribution in [-0.4, -0.2) is 22.1 Å². The van der Waals surface area contributed by atoms with Crippen molar-refractivity contribution in [1.29, 1.82) is 0 Å². The normalized spacial score (nSPS) is 15.0. The van der Waals surface area contributed by atoms with E-state index in [-0.39, 0.29) is 23.0 Å². The molecule has 0 spiro atoms. The number of hydrogen-bond donors (Lipinski definition) is 2. The molecule has 0 aromatic carbocycles. The van der Waals surface area contributed by atoms with E-state index in [2.05, 4.69) is 10.5 Å². The van der Waals surface area contributed by atoms with Crippen molar-refractivity contribution in [3.8, 4) is 11.3 Å². The summed E-state index contributed by atoms with van der Waals surface area (Å²) < 4.78 is 5.07. The molecule has 23 heavy (non-hydrogen) atoms. The van der Waals surface area contributed by atoms with Gasteiger partial charge in [-0.05, 0) is 23.8 Å². The van der Waals surface area contributed by atoms with Crippen LogP contribution < -0.4 is 5.32 Å². The minimum Gasteiger partial charge on any atom is -0.477 e. The van der Waals surface area contributed by atoms with E-state index >= 15 is 0 Å². The standard InChI is InChI=1S/C16H18N2O4S/c19-12(6-5-10-3-1-2-4-10)17-15-13(16(20)21)14(18-22-15)11-7-8-23-9-11/h7-10H,1-6H2,(H,17,19)(H,20,21). The van der Waals surface area contributed by atoms with Gasteiger partial charge in [-0.25, -0.2) is 4.79 Å². The van der Waals surface area contributed by atoms with Crippen LogP contribution in [0.15, 0.2) is 21.3 Å². The van der Waals surface area contributed by atoms with Gasteiger partial charge in [-0.2, -0.15) is 11.3 Å². The number of amides is 1.